The Balaban J connectivity index is 2.12. The van der Waals surface area contributed by atoms with Crippen LogP contribution in [-0.2, 0) is 11.2 Å². The number of benzene rings is 1. The van der Waals surface area contributed by atoms with Crippen LogP contribution >= 0.6 is 11.6 Å². The van der Waals surface area contributed by atoms with Gasteiger partial charge in [0.1, 0.15) is 5.82 Å². The van der Waals surface area contributed by atoms with Crippen LogP contribution in [0.5, 0.6) is 0 Å². The third kappa shape index (κ3) is 3.04. The normalized spacial score (nSPS) is 10.4. The predicted molar refractivity (Wildman–Crippen MR) is 62.8 cm³/mol. The molecule has 0 spiro atoms. The third-order valence-corrected chi connectivity index (χ3v) is 2.46. The number of carboxylic acids is 1. The van der Waals surface area contributed by atoms with E-state index < -0.39 is 5.97 Å². The molecule has 88 valence electrons. The van der Waals surface area contributed by atoms with E-state index in [-0.39, 0.29) is 6.42 Å². The summed E-state index contributed by atoms with van der Waals surface area (Å²) in [6, 6.07) is 7.13. The number of carbonyl (C=O) groups is 1. The minimum atomic E-state index is -0.852. The molecule has 5 nitrogen and oxygen atoms in total. The van der Waals surface area contributed by atoms with Gasteiger partial charge in [-0.3, -0.25) is 9.89 Å². The van der Waals surface area contributed by atoms with Gasteiger partial charge in [0, 0.05) is 17.0 Å². The molecule has 0 saturated heterocycles. The summed E-state index contributed by atoms with van der Waals surface area (Å²) >= 11 is 5.78. The number of aliphatic carboxylic acids is 1. The van der Waals surface area contributed by atoms with Crippen LogP contribution in [0.3, 0.4) is 0 Å². The van der Waals surface area contributed by atoms with E-state index in [2.05, 4.69) is 15.2 Å². The topological polar surface area (TPSA) is 78.9 Å². The van der Waals surface area contributed by atoms with Gasteiger partial charge in [-0.15, -0.1) is 0 Å². The lowest BCUT2D eigenvalue weighted by Gasteiger charge is -1.94. The molecule has 1 aromatic carbocycles. The molecule has 0 atom stereocenters. The maximum Gasteiger partial charge on any atom is 0.303 e. The minimum Gasteiger partial charge on any atom is -0.481 e. The molecule has 0 radical (unpaired) electrons. The van der Waals surface area contributed by atoms with Crippen LogP contribution in [0, 0.1) is 0 Å². The minimum absolute atomic E-state index is 0.0370. The number of nitrogens with zero attached hydrogens (tertiary/aromatic N) is 2. The average Bonchev–Trinajstić information content (AvgIpc) is 2.76. The van der Waals surface area contributed by atoms with Crippen molar-refractivity contribution in [1.82, 2.24) is 15.2 Å². The van der Waals surface area contributed by atoms with Crippen molar-refractivity contribution in [3.8, 4) is 11.4 Å². The number of carboxylic acid groups (broad SMARTS) is 1. The highest BCUT2D eigenvalue weighted by Gasteiger charge is 2.07. The first-order valence-electron chi connectivity index (χ1n) is 5.04. The van der Waals surface area contributed by atoms with E-state index in [1.54, 1.807) is 12.1 Å². The Hall–Kier alpha value is -1.88. The van der Waals surface area contributed by atoms with Gasteiger partial charge in [-0.1, -0.05) is 11.6 Å². The summed E-state index contributed by atoms with van der Waals surface area (Å²) in [7, 11) is 0. The summed E-state index contributed by atoms with van der Waals surface area (Å²) < 4.78 is 0. The van der Waals surface area contributed by atoms with Gasteiger partial charge in [0.2, 0.25) is 0 Å². The van der Waals surface area contributed by atoms with Crippen molar-refractivity contribution in [1.29, 1.82) is 0 Å². The van der Waals surface area contributed by atoms with E-state index in [1.165, 1.54) is 0 Å². The van der Waals surface area contributed by atoms with Crippen LogP contribution in [0.25, 0.3) is 11.4 Å². The van der Waals surface area contributed by atoms with Crippen LogP contribution < -0.4 is 0 Å². The molecule has 0 bridgehead atoms. The summed E-state index contributed by atoms with van der Waals surface area (Å²) in [5, 5.41) is 15.9. The molecule has 0 fully saturated rings. The molecule has 6 heteroatoms. The Morgan fingerprint density at radius 1 is 1.35 bits per heavy atom. The smallest absolute Gasteiger partial charge is 0.303 e. The van der Waals surface area contributed by atoms with Gasteiger partial charge in [0.05, 0.1) is 6.42 Å². The van der Waals surface area contributed by atoms with Crippen LogP contribution in [0.2, 0.25) is 5.02 Å². The summed E-state index contributed by atoms with van der Waals surface area (Å²) in [6.45, 7) is 0. The van der Waals surface area contributed by atoms with E-state index in [9.17, 15) is 4.79 Å². The van der Waals surface area contributed by atoms with Crippen molar-refractivity contribution < 1.29 is 9.90 Å². The first-order valence-corrected chi connectivity index (χ1v) is 5.42. The second kappa shape index (κ2) is 4.97. The van der Waals surface area contributed by atoms with E-state index in [4.69, 9.17) is 16.7 Å². The number of rotatable bonds is 4. The molecule has 2 rings (SSSR count). The standard InChI is InChI=1S/C11H10ClN3O2/c12-8-3-1-7(2-4-8)11-13-9(14-15-11)5-6-10(16)17/h1-4H,5-6H2,(H,16,17)(H,13,14,15). The second-order valence-electron chi connectivity index (χ2n) is 3.51. The van der Waals surface area contributed by atoms with Gasteiger partial charge in [-0.05, 0) is 24.3 Å². The van der Waals surface area contributed by atoms with Crippen LogP contribution in [0.15, 0.2) is 24.3 Å². The molecule has 2 N–H and O–H groups in total. The molecule has 1 aromatic heterocycles. The zero-order valence-electron chi connectivity index (χ0n) is 8.85. The van der Waals surface area contributed by atoms with Gasteiger partial charge in [0.15, 0.2) is 5.82 Å². The first kappa shape index (κ1) is 11.6. The van der Waals surface area contributed by atoms with Crippen molar-refractivity contribution in [2.75, 3.05) is 0 Å². The number of aryl methyl sites for hydroxylation is 1. The zero-order chi connectivity index (χ0) is 12.3. The lowest BCUT2D eigenvalue weighted by atomic mass is 10.2. The Bertz CT molecular complexity index is 522. The molecule has 0 aliphatic rings. The third-order valence-electron chi connectivity index (χ3n) is 2.21. The fourth-order valence-corrected chi connectivity index (χ4v) is 1.49. The van der Waals surface area contributed by atoms with Gasteiger partial charge < -0.3 is 5.11 Å². The Labute approximate surface area is 102 Å². The molecular weight excluding hydrogens is 242 g/mol. The molecule has 0 aliphatic carbocycles. The Morgan fingerprint density at radius 3 is 2.71 bits per heavy atom. The Kier molecular flexibility index (Phi) is 3.39. The van der Waals surface area contributed by atoms with Gasteiger partial charge in [0.25, 0.3) is 0 Å². The van der Waals surface area contributed by atoms with Gasteiger partial charge >= 0.3 is 5.97 Å². The highest BCUT2D eigenvalue weighted by atomic mass is 35.5. The average molecular weight is 252 g/mol. The van der Waals surface area contributed by atoms with Crippen molar-refractivity contribution in [2.45, 2.75) is 12.8 Å². The van der Waals surface area contributed by atoms with E-state index >= 15 is 0 Å². The molecular formula is C11H10ClN3O2. The molecule has 1 heterocycles. The van der Waals surface area contributed by atoms with Crippen molar-refractivity contribution in [3.05, 3.63) is 35.1 Å². The summed E-state index contributed by atoms with van der Waals surface area (Å²) in [5.41, 5.74) is 0.840. The summed E-state index contributed by atoms with van der Waals surface area (Å²) in [5.74, 6) is 0.258. The van der Waals surface area contributed by atoms with Gasteiger partial charge in [-0.25, -0.2) is 4.98 Å². The monoisotopic (exact) mass is 251 g/mol. The zero-order valence-corrected chi connectivity index (χ0v) is 9.61. The van der Waals surface area contributed by atoms with Crippen LogP contribution in [0.4, 0.5) is 0 Å². The van der Waals surface area contributed by atoms with Crippen LogP contribution in [0.1, 0.15) is 12.2 Å². The molecule has 0 saturated carbocycles. The number of aromatic amines is 1. The SMILES string of the molecule is O=C(O)CCc1nc(-c2ccc(Cl)cc2)n[nH]1. The first-order chi connectivity index (χ1) is 8.15. The fourth-order valence-electron chi connectivity index (χ4n) is 1.36. The van der Waals surface area contributed by atoms with Crippen molar-refractivity contribution in [3.63, 3.8) is 0 Å². The Morgan fingerprint density at radius 2 is 2.06 bits per heavy atom. The molecule has 17 heavy (non-hydrogen) atoms. The summed E-state index contributed by atoms with van der Waals surface area (Å²) in [4.78, 5) is 14.6. The molecule has 2 aromatic rings. The molecule has 0 aliphatic heterocycles. The highest BCUT2D eigenvalue weighted by Crippen LogP contribution is 2.17. The number of halogens is 1. The molecule has 0 unspecified atom stereocenters. The van der Waals surface area contributed by atoms with Crippen LogP contribution in [-0.4, -0.2) is 26.3 Å². The quantitative estimate of drug-likeness (QED) is 0.873. The lowest BCUT2D eigenvalue weighted by Crippen LogP contribution is -1.98. The number of hydrogen-bond donors (Lipinski definition) is 2. The second-order valence-corrected chi connectivity index (χ2v) is 3.94. The van der Waals surface area contributed by atoms with Crippen molar-refractivity contribution in [2.24, 2.45) is 0 Å². The summed E-state index contributed by atoms with van der Waals surface area (Å²) in [6.07, 6.45) is 0.380. The van der Waals surface area contributed by atoms with Gasteiger partial charge in [-0.2, -0.15) is 5.10 Å². The highest BCUT2D eigenvalue weighted by molar-refractivity contribution is 6.30. The number of hydrogen-bond acceptors (Lipinski definition) is 3. The van der Waals surface area contributed by atoms with E-state index in [0.29, 0.717) is 23.1 Å². The maximum atomic E-state index is 10.4. The number of H-pyrrole nitrogens is 1. The largest absolute Gasteiger partial charge is 0.481 e. The van der Waals surface area contributed by atoms with E-state index in [1.807, 2.05) is 12.1 Å². The van der Waals surface area contributed by atoms with Crippen molar-refractivity contribution >= 4 is 17.6 Å². The maximum absolute atomic E-state index is 10.4. The number of nitrogens with one attached hydrogen (secondary N) is 1. The predicted octanol–water partition coefficient (Wildman–Crippen LogP) is 2.14. The van der Waals surface area contributed by atoms with E-state index in [0.717, 1.165) is 5.56 Å². The molecule has 0 amide bonds. The lowest BCUT2D eigenvalue weighted by molar-refractivity contribution is -0.137. The number of aromatic nitrogens is 3. The fraction of sp³-hybridized carbons (Fsp3) is 0.182.